The minimum atomic E-state index is 0.436. The highest BCUT2D eigenvalue weighted by Gasteiger charge is 2.08. The van der Waals surface area contributed by atoms with Crippen LogP contribution in [-0.2, 0) is 12.8 Å². The highest BCUT2D eigenvalue weighted by atomic mass is 14.9. The number of hydrogen-bond acceptors (Lipinski definition) is 1. The molecule has 0 amide bonds. The summed E-state index contributed by atoms with van der Waals surface area (Å²) in [5.41, 5.74) is 4.20. The Labute approximate surface area is 116 Å². The predicted octanol–water partition coefficient (Wildman–Crippen LogP) is 4.14. The van der Waals surface area contributed by atoms with E-state index in [0.29, 0.717) is 6.04 Å². The third-order valence-corrected chi connectivity index (χ3v) is 3.70. The molecule has 0 aliphatic carbocycles. The Kier molecular flexibility index (Phi) is 5.17. The Morgan fingerprint density at radius 1 is 0.895 bits per heavy atom. The average molecular weight is 253 g/mol. The summed E-state index contributed by atoms with van der Waals surface area (Å²) in [4.78, 5) is 0. The molecule has 1 atom stereocenters. The second-order valence-electron chi connectivity index (χ2n) is 4.96. The van der Waals surface area contributed by atoms with Crippen molar-refractivity contribution in [3.63, 3.8) is 0 Å². The van der Waals surface area contributed by atoms with Gasteiger partial charge in [-0.2, -0.15) is 0 Å². The summed E-state index contributed by atoms with van der Waals surface area (Å²) in [5.74, 6) is 0. The summed E-state index contributed by atoms with van der Waals surface area (Å²) in [5, 5.41) is 3.43. The van der Waals surface area contributed by atoms with Crippen LogP contribution in [0, 0.1) is 0 Å². The summed E-state index contributed by atoms with van der Waals surface area (Å²) >= 11 is 0. The lowest BCUT2D eigenvalue weighted by molar-refractivity contribution is 0.549. The van der Waals surface area contributed by atoms with E-state index in [2.05, 4.69) is 66.8 Å². The van der Waals surface area contributed by atoms with Gasteiger partial charge in [0, 0.05) is 6.04 Å². The second kappa shape index (κ2) is 7.10. The Hall–Kier alpha value is -1.60. The maximum Gasteiger partial charge on any atom is 0.0320 e. The SMILES string of the molecule is CCc1ccc(C(CCc2ccccc2)NC)cc1. The Morgan fingerprint density at radius 2 is 1.58 bits per heavy atom. The molecule has 0 aromatic heterocycles. The van der Waals surface area contributed by atoms with Crippen LogP contribution in [0.5, 0.6) is 0 Å². The molecule has 0 aliphatic rings. The first kappa shape index (κ1) is 13.8. The lowest BCUT2D eigenvalue weighted by Gasteiger charge is -2.17. The third-order valence-electron chi connectivity index (χ3n) is 3.70. The monoisotopic (exact) mass is 253 g/mol. The van der Waals surface area contributed by atoms with E-state index in [9.17, 15) is 0 Å². The Bertz CT molecular complexity index is 473. The van der Waals surface area contributed by atoms with Gasteiger partial charge in [0.15, 0.2) is 0 Å². The van der Waals surface area contributed by atoms with Crippen LogP contribution in [-0.4, -0.2) is 7.05 Å². The summed E-state index contributed by atoms with van der Waals surface area (Å²) in [6.45, 7) is 2.19. The molecule has 2 aromatic rings. The van der Waals surface area contributed by atoms with Crippen molar-refractivity contribution in [1.29, 1.82) is 0 Å². The van der Waals surface area contributed by atoms with E-state index in [1.54, 1.807) is 0 Å². The molecule has 1 unspecified atom stereocenters. The molecule has 2 rings (SSSR count). The van der Waals surface area contributed by atoms with Crippen molar-refractivity contribution in [2.75, 3.05) is 7.05 Å². The minimum Gasteiger partial charge on any atom is -0.313 e. The largest absolute Gasteiger partial charge is 0.313 e. The number of rotatable bonds is 6. The third kappa shape index (κ3) is 3.93. The van der Waals surface area contributed by atoms with Crippen molar-refractivity contribution < 1.29 is 0 Å². The normalized spacial score (nSPS) is 12.3. The average Bonchev–Trinajstić information content (AvgIpc) is 2.49. The van der Waals surface area contributed by atoms with Crippen LogP contribution in [0.3, 0.4) is 0 Å². The quantitative estimate of drug-likeness (QED) is 0.815. The van der Waals surface area contributed by atoms with Crippen molar-refractivity contribution in [3.8, 4) is 0 Å². The molecule has 0 saturated carbocycles. The van der Waals surface area contributed by atoms with Crippen LogP contribution < -0.4 is 5.32 Å². The van der Waals surface area contributed by atoms with Crippen LogP contribution in [0.4, 0.5) is 0 Å². The number of aryl methyl sites for hydroxylation is 2. The van der Waals surface area contributed by atoms with E-state index in [4.69, 9.17) is 0 Å². The molecule has 1 N–H and O–H groups in total. The fraction of sp³-hybridized carbons (Fsp3) is 0.333. The minimum absolute atomic E-state index is 0.436. The molecular formula is C18H23N. The zero-order valence-corrected chi connectivity index (χ0v) is 11.9. The van der Waals surface area contributed by atoms with E-state index >= 15 is 0 Å². The topological polar surface area (TPSA) is 12.0 Å². The fourth-order valence-corrected chi connectivity index (χ4v) is 2.42. The molecule has 1 heteroatoms. The molecule has 0 heterocycles. The smallest absolute Gasteiger partial charge is 0.0320 e. The number of benzene rings is 2. The van der Waals surface area contributed by atoms with Gasteiger partial charge in [-0.25, -0.2) is 0 Å². The van der Waals surface area contributed by atoms with Gasteiger partial charge in [0.05, 0.1) is 0 Å². The van der Waals surface area contributed by atoms with Crippen LogP contribution in [0.15, 0.2) is 54.6 Å². The fourth-order valence-electron chi connectivity index (χ4n) is 2.42. The van der Waals surface area contributed by atoms with Gasteiger partial charge in [0.25, 0.3) is 0 Å². The predicted molar refractivity (Wildman–Crippen MR) is 82.4 cm³/mol. The second-order valence-corrected chi connectivity index (χ2v) is 4.96. The van der Waals surface area contributed by atoms with Crippen LogP contribution >= 0.6 is 0 Å². The van der Waals surface area contributed by atoms with E-state index in [0.717, 1.165) is 19.3 Å². The highest BCUT2D eigenvalue weighted by molar-refractivity contribution is 5.25. The van der Waals surface area contributed by atoms with E-state index in [1.807, 2.05) is 7.05 Å². The van der Waals surface area contributed by atoms with Crippen molar-refractivity contribution in [1.82, 2.24) is 5.32 Å². The van der Waals surface area contributed by atoms with Gasteiger partial charge >= 0.3 is 0 Å². The zero-order valence-electron chi connectivity index (χ0n) is 11.9. The molecule has 0 aliphatic heterocycles. The molecule has 100 valence electrons. The van der Waals surface area contributed by atoms with E-state index < -0.39 is 0 Å². The van der Waals surface area contributed by atoms with E-state index in [-0.39, 0.29) is 0 Å². The zero-order chi connectivity index (χ0) is 13.5. The molecule has 0 fully saturated rings. The lowest BCUT2D eigenvalue weighted by atomic mass is 9.98. The van der Waals surface area contributed by atoms with Crippen LogP contribution in [0.1, 0.15) is 36.1 Å². The molecule has 2 aromatic carbocycles. The molecular weight excluding hydrogens is 230 g/mol. The summed E-state index contributed by atoms with van der Waals surface area (Å²) in [6.07, 6.45) is 3.35. The van der Waals surface area contributed by atoms with Gasteiger partial charge in [-0.05, 0) is 43.0 Å². The Balaban J connectivity index is 1.99. The molecule has 0 saturated heterocycles. The van der Waals surface area contributed by atoms with E-state index in [1.165, 1.54) is 16.7 Å². The van der Waals surface area contributed by atoms with Crippen LogP contribution in [0.25, 0.3) is 0 Å². The standard InChI is InChI=1S/C18H23N/c1-3-15-9-12-17(13-10-15)18(19-2)14-11-16-7-5-4-6-8-16/h4-10,12-13,18-19H,3,11,14H2,1-2H3. The first-order valence-corrected chi connectivity index (χ1v) is 7.13. The summed E-state index contributed by atoms with van der Waals surface area (Å²) in [7, 11) is 2.05. The van der Waals surface area contributed by atoms with Gasteiger partial charge < -0.3 is 5.32 Å². The summed E-state index contributed by atoms with van der Waals surface area (Å²) in [6, 6.07) is 20.1. The van der Waals surface area contributed by atoms with Crippen molar-refractivity contribution in [2.24, 2.45) is 0 Å². The first-order chi connectivity index (χ1) is 9.33. The maximum atomic E-state index is 3.43. The lowest BCUT2D eigenvalue weighted by Crippen LogP contribution is -2.17. The van der Waals surface area contributed by atoms with Crippen molar-refractivity contribution >= 4 is 0 Å². The van der Waals surface area contributed by atoms with Gasteiger partial charge in [0.2, 0.25) is 0 Å². The first-order valence-electron chi connectivity index (χ1n) is 7.13. The highest BCUT2D eigenvalue weighted by Crippen LogP contribution is 2.19. The summed E-state index contributed by atoms with van der Waals surface area (Å²) < 4.78 is 0. The molecule has 1 nitrogen and oxygen atoms in total. The number of nitrogens with one attached hydrogen (secondary N) is 1. The number of hydrogen-bond donors (Lipinski definition) is 1. The van der Waals surface area contributed by atoms with Crippen molar-refractivity contribution in [2.45, 2.75) is 32.2 Å². The van der Waals surface area contributed by atoms with Crippen LogP contribution in [0.2, 0.25) is 0 Å². The molecule has 0 spiro atoms. The molecule has 0 radical (unpaired) electrons. The van der Waals surface area contributed by atoms with Gasteiger partial charge in [-0.15, -0.1) is 0 Å². The van der Waals surface area contributed by atoms with Gasteiger partial charge in [-0.3, -0.25) is 0 Å². The van der Waals surface area contributed by atoms with Crippen molar-refractivity contribution in [3.05, 3.63) is 71.3 Å². The molecule has 0 bridgehead atoms. The van der Waals surface area contributed by atoms with Gasteiger partial charge in [0.1, 0.15) is 0 Å². The molecule has 19 heavy (non-hydrogen) atoms. The van der Waals surface area contributed by atoms with Gasteiger partial charge in [-0.1, -0.05) is 61.5 Å². The Morgan fingerprint density at radius 3 is 2.16 bits per heavy atom. The maximum absolute atomic E-state index is 3.43.